The fourth-order valence-electron chi connectivity index (χ4n) is 2.32. The molecule has 0 fully saturated rings. The Labute approximate surface area is 119 Å². The number of nitro benzene ring substituents is 1. The van der Waals surface area contributed by atoms with Crippen molar-refractivity contribution in [3.8, 4) is 0 Å². The molecule has 0 bridgehead atoms. The van der Waals surface area contributed by atoms with Gasteiger partial charge in [0.1, 0.15) is 11.4 Å². The van der Waals surface area contributed by atoms with Crippen LogP contribution >= 0.6 is 0 Å². The van der Waals surface area contributed by atoms with Crippen LogP contribution in [0.3, 0.4) is 0 Å². The Morgan fingerprint density at radius 3 is 2.50 bits per heavy atom. The van der Waals surface area contributed by atoms with E-state index in [4.69, 9.17) is 0 Å². The molecule has 0 aliphatic heterocycles. The summed E-state index contributed by atoms with van der Waals surface area (Å²) in [5.41, 5.74) is -0.0535. The van der Waals surface area contributed by atoms with Crippen LogP contribution in [0.25, 0.3) is 0 Å². The van der Waals surface area contributed by atoms with Crippen LogP contribution in [-0.4, -0.2) is 29.2 Å². The lowest BCUT2D eigenvalue weighted by Crippen LogP contribution is -2.35. The second-order valence-corrected chi connectivity index (χ2v) is 5.66. The number of nitrogens with zero attached hydrogens (tertiary/aromatic N) is 1. The number of nitrogens with one attached hydrogen (secondary N) is 2. The predicted molar refractivity (Wildman–Crippen MR) is 81.2 cm³/mol. The molecule has 112 valence electrons. The largest absolute Gasteiger partial charge is 0.388 e. The van der Waals surface area contributed by atoms with Crippen LogP contribution in [0.4, 0.5) is 17.1 Å². The normalized spacial score (nSPS) is 13.9. The zero-order valence-electron chi connectivity index (χ0n) is 12.4. The molecule has 20 heavy (non-hydrogen) atoms. The zero-order chi connectivity index (χ0) is 15.3. The van der Waals surface area contributed by atoms with Gasteiger partial charge in [0.05, 0.1) is 10.5 Å². The summed E-state index contributed by atoms with van der Waals surface area (Å²) in [4.78, 5) is 10.7. The van der Waals surface area contributed by atoms with Gasteiger partial charge in [0.2, 0.25) is 0 Å². The predicted octanol–water partition coefficient (Wildman–Crippen LogP) is 2.85. The van der Waals surface area contributed by atoms with Gasteiger partial charge in [0.25, 0.3) is 0 Å². The number of benzene rings is 1. The molecule has 1 rings (SSSR count). The summed E-state index contributed by atoms with van der Waals surface area (Å²) in [6.45, 7) is 6.05. The van der Waals surface area contributed by atoms with E-state index in [1.54, 1.807) is 32.2 Å². The Balaban J connectivity index is 2.90. The molecular formula is C14H23N3O3. The Morgan fingerprint density at radius 1 is 1.40 bits per heavy atom. The molecule has 1 atom stereocenters. The number of rotatable bonds is 7. The maximum atomic E-state index is 11.2. The molecule has 0 saturated carbocycles. The lowest BCUT2D eigenvalue weighted by molar-refractivity contribution is -0.383. The minimum Gasteiger partial charge on any atom is -0.388 e. The Morgan fingerprint density at radius 2 is 2.00 bits per heavy atom. The first kappa shape index (κ1) is 16.2. The lowest BCUT2D eigenvalue weighted by atomic mass is 9.94. The first-order valence-electron chi connectivity index (χ1n) is 6.68. The molecule has 0 radical (unpaired) electrons. The molecule has 0 aromatic heterocycles. The second-order valence-electron chi connectivity index (χ2n) is 5.66. The van der Waals surface area contributed by atoms with E-state index in [-0.39, 0.29) is 12.2 Å². The first-order chi connectivity index (χ1) is 9.26. The van der Waals surface area contributed by atoms with Crippen LogP contribution < -0.4 is 10.6 Å². The number of anilines is 2. The van der Waals surface area contributed by atoms with Crippen molar-refractivity contribution in [1.29, 1.82) is 0 Å². The van der Waals surface area contributed by atoms with Crippen molar-refractivity contribution in [3.05, 3.63) is 28.3 Å². The van der Waals surface area contributed by atoms with Gasteiger partial charge in [-0.15, -0.1) is 0 Å². The quantitative estimate of drug-likeness (QED) is 0.528. The highest BCUT2D eigenvalue weighted by molar-refractivity contribution is 5.76. The van der Waals surface area contributed by atoms with Crippen molar-refractivity contribution in [3.63, 3.8) is 0 Å². The average Bonchev–Trinajstić information content (AvgIpc) is 2.34. The van der Waals surface area contributed by atoms with Crippen LogP contribution in [0, 0.1) is 16.0 Å². The maximum Gasteiger partial charge on any atom is 0.315 e. The van der Waals surface area contributed by atoms with E-state index in [9.17, 15) is 15.2 Å². The smallest absolute Gasteiger partial charge is 0.315 e. The van der Waals surface area contributed by atoms with Crippen molar-refractivity contribution in [2.45, 2.75) is 32.8 Å². The third kappa shape index (κ3) is 4.38. The zero-order valence-corrected chi connectivity index (χ0v) is 12.4. The van der Waals surface area contributed by atoms with Gasteiger partial charge in [-0.2, -0.15) is 0 Å². The Bertz CT molecular complexity index is 473. The van der Waals surface area contributed by atoms with Crippen LogP contribution in [0.15, 0.2) is 18.2 Å². The number of hydrogen-bond acceptors (Lipinski definition) is 5. The molecule has 0 aliphatic carbocycles. The van der Waals surface area contributed by atoms with E-state index in [2.05, 4.69) is 10.6 Å². The van der Waals surface area contributed by atoms with Gasteiger partial charge in [-0.25, -0.2) is 0 Å². The number of aliphatic hydroxyl groups is 1. The highest BCUT2D eigenvalue weighted by Gasteiger charge is 2.24. The molecule has 0 spiro atoms. The molecule has 1 aromatic rings. The highest BCUT2D eigenvalue weighted by atomic mass is 16.6. The average molecular weight is 281 g/mol. The van der Waals surface area contributed by atoms with Crippen LogP contribution in [0.2, 0.25) is 0 Å². The van der Waals surface area contributed by atoms with E-state index >= 15 is 0 Å². The van der Waals surface area contributed by atoms with E-state index < -0.39 is 10.5 Å². The van der Waals surface area contributed by atoms with Crippen molar-refractivity contribution in [2.24, 2.45) is 5.92 Å². The summed E-state index contributed by atoms with van der Waals surface area (Å²) in [5, 5.41) is 27.2. The number of para-hydroxylation sites is 1. The molecule has 6 heteroatoms. The van der Waals surface area contributed by atoms with Crippen LogP contribution in [0.1, 0.15) is 27.2 Å². The Hall–Kier alpha value is -1.82. The maximum absolute atomic E-state index is 11.2. The summed E-state index contributed by atoms with van der Waals surface area (Å²) in [5.74, 6) is 0.352. The summed E-state index contributed by atoms with van der Waals surface area (Å²) < 4.78 is 0. The third-order valence-electron chi connectivity index (χ3n) is 3.00. The summed E-state index contributed by atoms with van der Waals surface area (Å²) in [7, 11) is 1.64. The van der Waals surface area contributed by atoms with Crippen LogP contribution in [0.5, 0.6) is 0 Å². The summed E-state index contributed by atoms with van der Waals surface area (Å²) >= 11 is 0. The van der Waals surface area contributed by atoms with Gasteiger partial charge in [-0.3, -0.25) is 10.1 Å². The van der Waals surface area contributed by atoms with Crippen molar-refractivity contribution < 1.29 is 10.0 Å². The molecular weight excluding hydrogens is 258 g/mol. The molecule has 1 unspecified atom stereocenters. The highest BCUT2D eigenvalue weighted by Crippen LogP contribution is 2.33. The fraction of sp³-hybridized carbons (Fsp3) is 0.571. The number of hydrogen-bond donors (Lipinski definition) is 3. The second kappa shape index (κ2) is 6.56. The molecule has 6 nitrogen and oxygen atoms in total. The van der Waals surface area contributed by atoms with Crippen LogP contribution in [-0.2, 0) is 0 Å². The standard InChI is InChI=1S/C14H23N3O3/c1-10(2)8-14(3,18)9-16-12-7-5-6-11(15-4)13(12)17(19)20/h5-7,10,15-16,18H,8-9H2,1-4H3. The van der Waals surface area contributed by atoms with Gasteiger partial charge < -0.3 is 15.7 Å². The lowest BCUT2D eigenvalue weighted by Gasteiger charge is -2.26. The van der Waals surface area contributed by atoms with Gasteiger partial charge in [0.15, 0.2) is 0 Å². The molecule has 0 aliphatic rings. The first-order valence-corrected chi connectivity index (χ1v) is 6.68. The number of nitro groups is 1. The monoisotopic (exact) mass is 281 g/mol. The van der Waals surface area contributed by atoms with E-state index in [1.165, 1.54) is 0 Å². The van der Waals surface area contributed by atoms with Gasteiger partial charge in [0, 0.05) is 13.6 Å². The minimum absolute atomic E-state index is 0.00431. The molecule has 0 heterocycles. The van der Waals surface area contributed by atoms with E-state index in [0.29, 0.717) is 23.7 Å². The molecule has 1 aromatic carbocycles. The van der Waals surface area contributed by atoms with Gasteiger partial charge in [-0.05, 0) is 31.4 Å². The topological polar surface area (TPSA) is 87.4 Å². The SMILES string of the molecule is CNc1cccc(NCC(C)(O)CC(C)C)c1[N+](=O)[O-]. The molecule has 3 N–H and O–H groups in total. The Kier molecular flexibility index (Phi) is 5.33. The van der Waals surface area contributed by atoms with Gasteiger partial charge in [-0.1, -0.05) is 19.9 Å². The van der Waals surface area contributed by atoms with E-state index in [1.807, 2.05) is 13.8 Å². The summed E-state index contributed by atoms with van der Waals surface area (Å²) in [6.07, 6.45) is 0.625. The van der Waals surface area contributed by atoms with Gasteiger partial charge >= 0.3 is 5.69 Å². The third-order valence-corrected chi connectivity index (χ3v) is 3.00. The van der Waals surface area contributed by atoms with Crippen molar-refractivity contribution in [2.75, 3.05) is 24.2 Å². The van der Waals surface area contributed by atoms with Crippen molar-refractivity contribution >= 4 is 17.1 Å². The summed E-state index contributed by atoms with van der Waals surface area (Å²) in [6, 6.07) is 5.03. The van der Waals surface area contributed by atoms with E-state index in [0.717, 1.165) is 0 Å². The molecule has 0 amide bonds. The minimum atomic E-state index is -0.905. The molecule has 0 saturated heterocycles. The fourth-order valence-corrected chi connectivity index (χ4v) is 2.32. The van der Waals surface area contributed by atoms with Crippen molar-refractivity contribution in [1.82, 2.24) is 0 Å².